The van der Waals surface area contributed by atoms with Crippen LogP contribution in [0.4, 0.5) is 5.69 Å². The number of hydrogen-bond donors (Lipinski definition) is 2. The van der Waals surface area contributed by atoms with E-state index in [-0.39, 0.29) is 23.1 Å². The Kier molecular flexibility index (Phi) is 6.11. The number of ether oxygens (including phenoxy) is 2. The van der Waals surface area contributed by atoms with Gasteiger partial charge in [0.1, 0.15) is 6.04 Å². The number of carbonyl (C=O) groups is 3. The van der Waals surface area contributed by atoms with Gasteiger partial charge in [0.15, 0.2) is 6.54 Å². The van der Waals surface area contributed by atoms with Crippen LogP contribution in [0.5, 0.6) is 0 Å². The van der Waals surface area contributed by atoms with Gasteiger partial charge in [-0.25, -0.2) is 9.59 Å². The summed E-state index contributed by atoms with van der Waals surface area (Å²) in [6.07, 6.45) is 0.963. The van der Waals surface area contributed by atoms with Crippen molar-refractivity contribution < 1.29 is 28.8 Å². The third-order valence-electron chi connectivity index (χ3n) is 4.98. The monoisotopic (exact) mass is 403 g/mol. The van der Waals surface area contributed by atoms with E-state index < -0.39 is 11.9 Å². The van der Waals surface area contributed by atoms with Crippen LogP contribution < -0.4 is 10.2 Å². The Morgan fingerprint density at radius 2 is 1.79 bits per heavy atom. The molecule has 148 valence electrons. The number of benzene rings is 1. The normalized spacial score (nSPS) is 18.1. The van der Waals surface area contributed by atoms with Gasteiger partial charge in [-0.1, -0.05) is 0 Å². The first kappa shape index (κ1) is 20.0. The second-order valence-electron chi connectivity index (χ2n) is 6.69. The molecule has 0 saturated heterocycles. The maximum Gasteiger partial charge on any atom is 0.337 e. The van der Waals surface area contributed by atoms with Gasteiger partial charge >= 0.3 is 11.9 Å². The van der Waals surface area contributed by atoms with E-state index in [4.69, 9.17) is 9.47 Å². The molecule has 1 aliphatic rings. The van der Waals surface area contributed by atoms with Crippen molar-refractivity contribution in [3.63, 3.8) is 0 Å². The highest BCUT2D eigenvalue weighted by molar-refractivity contribution is 7.10. The summed E-state index contributed by atoms with van der Waals surface area (Å²) in [5.74, 6) is -1.37. The Morgan fingerprint density at radius 3 is 2.39 bits per heavy atom. The largest absolute Gasteiger partial charge is 0.465 e. The van der Waals surface area contributed by atoms with E-state index in [0.717, 1.165) is 13.0 Å². The number of nitrogens with one attached hydrogen (secondary N) is 2. The smallest absolute Gasteiger partial charge is 0.337 e. The topological polar surface area (TPSA) is 86.1 Å². The van der Waals surface area contributed by atoms with Gasteiger partial charge in [-0.3, -0.25) is 4.79 Å². The predicted molar refractivity (Wildman–Crippen MR) is 105 cm³/mol. The van der Waals surface area contributed by atoms with Gasteiger partial charge in [0, 0.05) is 22.5 Å². The second kappa shape index (κ2) is 8.53. The molecule has 0 saturated carbocycles. The van der Waals surface area contributed by atoms with Crippen molar-refractivity contribution in [1.82, 2.24) is 0 Å². The van der Waals surface area contributed by atoms with Crippen LogP contribution in [0.3, 0.4) is 0 Å². The fraction of sp³-hybridized carbons (Fsp3) is 0.350. The lowest BCUT2D eigenvalue weighted by Gasteiger charge is -2.29. The number of rotatable bonds is 5. The van der Waals surface area contributed by atoms with E-state index in [0.29, 0.717) is 12.2 Å². The zero-order valence-electron chi connectivity index (χ0n) is 16.0. The van der Waals surface area contributed by atoms with Crippen molar-refractivity contribution >= 4 is 34.9 Å². The molecular weight excluding hydrogens is 380 g/mol. The Hall–Kier alpha value is -2.71. The van der Waals surface area contributed by atoms with Crippen LogP contribution in [0.15, 0.2) is 29.6 Å². The highest BCUT2D eigenvalue weighted by atomic mass is 32.1. The summed E-state index contributed by atoms with van der Waals surface area (Å²) in [5, 5.41) is 4.89. The molecule has 0 aliphatic carbocycles. The van der Waals surface area contributed by atoms with Crippen LogP contribution in [0.25, 0.3) is 0 Å². The molecule has 0 radical (unpaired) electrons. The third-order valence-corrected chi connectivity index (χ3v) is 5.98. The number of thiophene rings is 1. The molecule has 1 amide bonds. The minimum Gasteiger partial charge on any atom is -0.465 e. The molecule has 2 heterocycles. The molecule has 0 fully saturated rings. The fourth-order valence-electron chi connectivity index (χ4n) is 3.47. The summed E-state index contributed by atoms with van der Waals surface area (Å²) in [7, 11) is 2.51. The maximum absolute atomic E-state index is 12.6. The Bertz CT molecular complexity index is 874. The molecule has 2 N–H and O–H groups in total. The minimum absolute atomic E-state index is 0.169. The maximum atomic E-state index is 12.6. The summed E-state index contributed by atoms with van der Waals surface area (Å²) in [6.45, 7) is 3.31. The van der Waals surface area contributed by atoms with Gasteiger partial charge < -0.3 is 19.7 Å². The quantitative estimate of drug-likeness (QED) is 0.739. The van der Waals surface area contributed by atoms with Crippen LogP contribution in [0.1, 0.15) is 44.1 Å². The Morgan fingerprint density at radius 1 is 1.14 bits per heavy atom. The van der Waals surface area contributed by atoms with E-state index in [1.54, 1.807) is 11.3 Å². The molecule has 1 unspecified atom stereocenters. The Balaban J connectivity index is 1.74. The molecule has 2 aromatic rings. The molecular formula is C20H23N2O5S+. The number of fused-ring (bicyclic) bond motifs is 1. The SMILES string of the molecule is COC(=O)c1cc(NC(=O)C[NH+]2CCc3sccc3[C@@H]2C)cc(C(=O)OC)c1. The predicted octanol–water partition coefficient (Wildman–Crippen LogP) is 1.46. The minimum atomic E-state index is -0.596. The van der Waals surface area contributed by atoms with Gasteiger partial charge in [-0.2, -0.15) is 0 Å². The van der Waals surface area contributed by atoms with Crippen molar-refractivity contribution in [2.45, 2.75) is 19.4 Å². The first-order chi connectivity index (χ1) is 13.4. The lowest BCUT2D eigenvalue weighted by atomic mass is 10.0. The van der Waals surface area contributed by atoms with Gasteiger partial charge in [-0.15, -0.1) is 11.3 Å². The van der Waals surface area contributed by atoms with E-state index in [1.807, 2.05) is 0 Å². The number of amides is 1. The van der Waals surface area contributed by atoms with Gasteiger partial charge in [0.2, 0.25) is 0 Å². The van der Waals surface area contributed by atoms with Crippen LogP contribution in [-0.4, -0.2) is 45.2 Å². The van der Waals surface area contributed by atoms with Gasteiger partial charge in [-0.05, 0) is 36.6 Å². The van der Waals surface area contributed by atoms with Gasteiger partial charge in [0.05, 0.1) is 31.9 Å². The molecule has 1 aliphatic heterocycles. The summed E-state index contributed by atoms with van der Waals surface area (Å²) in [6, 6.07) is 6.73. The molecule has 1 aromatic heterocycles. The van der Waals surface area contributed by atoms with Crippen LogP contribution in [-0.2, 0) is 20.7 Å². The van der Waals surface area contributed by atoms with Crippen molar-refractivity contribution in [2.75, 3.05) is 32.6 Å². The highest BCUT2D eigenvalue weighted by Gasteiger charge is 2.29. The summed E-state index contributed by atoms with van der Waals surface area (Å²) in [4.78, 5) is 38.9. The molecule has 3 rings (SSSR count). The highest BCUT2D eigenvalue weighted by Crippen LogP contribution is 2.24. The summed E-state index contributed by atoms with van der Waals surface area (Å²) in [5.41, 5.74) is 2.00. The zero-order chi connectivity index (χ0) is 20.3. The standard InChI is InChI=1S/C20H22N2O5S/c1-12-16-5-7-28-17(16)4-6-22(12)11-18(23)21-15-9-13(19(24)26-2)8-14(10-15)20(25)27-3/h5,7-10,12H,4,6,11H2,1-3H3,(H,21,23)/p+1/t12-/m0/s1. The number of anilines is 1. The average Bonchev–Trinajstić information content (AvgIpc) is 3.18. The number of esters is 2. The van der Waals surface area contributed by atoms with Crippen molar-refractivity contribution in [1.29, 1.82) is 0 Å². The molecule has 8 heteroatoms. The fourth-order valence-corrected chi connectivity index (χ4v) is 4.45. The van der Waals surface area contributed by atoms with E-state index in [1.165, 1.54) is 47.8 Å². The number of carbonyl (C=O) groups excluding carboxylic acids is 3. The van der Waals surface area contributed by atoms with Crippen molar-refractivity contribution in [3.8, 4) is 0 Å². The first-order valence-corrected chi connectivity index (χ1v) is 9.83. The molecule has 0 spiro atoms. The number of quaternary nitrogens is 1. The lowest BCUT2D eigenvalue weighted by Crippen LogP contribution is -3.14. The average molecular weight is 403 g/mol. The molecule has 7 nitrogen and oxygen atoms in total. The van der Waals surface area contributed by atoms with E-state index in [2.05, 4.69) is 23.7 Å². The lowest BCUT2D eigenvalue weighted by molar-refractivity contribution is -0.923. The van der Waals surface area contributed by atoms with Crippen LogP contribution >= 0.6 is 11.3 Å². The number of methoxy groups -OCH3 is 2. The van der Waals surface area contributed by atoms with Crippen molar-refractivity contribution in [2.24, 2.45) is 0 Å². The molecule has 28 heavy (non-hydrogen) atoms. The molecule has 0 bridgehead atoms. The molecule has 1 aromatic carbocycles. The Labute approximate surface area is 167 Å². The third kappa shape index (κ3) is 4.23. The van der Waals surface area contributed by atoms with E-state index in [9.17, 15) is 14.4 Å². The summed E-state index contributed by atoms with van der Waals surface area (Å²) >= 11 is 1.76. The second-order valence-corrected chi connectivity index (χ2v) is 7.69. The van der Waals surface area contributed by atoms with Gasteiger partial charge in [0.25, 0.3) is 5.91 Å². The first-order valence-electron chi connectivity index (χ1n) is 8.95. The van der Waals surface area contributed by atoms with Crippen molar-refractivity contribution in [3.05, 3.63) is 51.2 Å². The summed E-state index contributed by atoms with van der Waals surface area (Å²) < 4.78 is 9.44. The van der Waals surface area contributed by atoms with Crippen LogP contribution in [0, 0.1) is 0 Å². The zero-order valence-corrected chi connectivity index (χ0v) is 16.9. The van der Waals surface area contributed by atoms with E-state index >= 15 is 0 Å². The van der Waals surface area contributed by atoms with Crippen LogP contribution in [0.2, 0.25) is 0 Å². The number of hydrogen-bond acceptors (Lipinski definition) is 6. The molecule has 2 atom stereocenters.